The molecule has 4 nitrogen and oxygen atoms in total. The van der Waals surface area contributed by atoms with Crippen LogP contribution in [0.1, 0.15) is 0 Å². The Morgan fingerprint density at radius 3 is 2.65 bits per heavy atom. The van der Waals surface area contributed by atoms with E-state index in [1.807, 2.05) is 24.3 Å². The number of benzene rings is 2. The third kappa shape index (κ3) is 2.59. The van der Waals surface area contributed by atoms with Gasteiger partial charge in [-0.3, -0.25) is 0 Å². The molecule has 0 aliphatic rings. The van der Waals surface area contributed by atoms with E-state index in [-0.39, 0.29) is 4.90 Å². The highest BCUT2D eigenvalue weighted by Crippen LogP contribution is 2.25. The summed E-state index contributed by atoms with van der Waals surface area (Å²) in [5, 5.41) is 0. The zero-order valence-electron chi connectivity index (χ0n) is 9.97. The minimum Gasteiger partial charge on any atom is -0.338 e. The molecule has 3 rings (SSSR count). The van der Waals surface area contributed by atoms with Crippen molar-refractivity contribution in [1.29, 1.82) is 0 Å². The zero-order valence-corrected chi connectivity index (χ0v) is 13.1. The molecule has 0 amide bonds. The predicted molar refractivity (Wildman–Crippen MR) is 82.3 cm³/mol. The fourth-order valence-electron chi connectivity index (χ4n) is 1.91. The molecule has 3 aromatic rings. The fraction of sp³-hybridized carbons (Fsp3) is 0. The Bertz CT molecular complexity index is 906. The van der Waals surface area contributed by atoms with Crippen LogP contribution in [0.15, 0.2) is 51.8 Å². The molecule has 0 bridgehead atoms. The van der Waals surface area contributed by atoms with Crippen molar-refractivity contribution in [3.63, 3.8) is 0 Å². The lowest BCUT2D eigenvalue weighted by molar-refractivity contribution is 0.609. The SMILES string of the molecule is O=S(=O)(Cl)c1ccc2nc(-c3cccc(Br)c3)[nH]c2c1. The molecule has 20 heavy (non-hydrogen) atoms. The Hall–Kier alpha value is -1.37. The molecule has 0 aliphatic carbocycles. The molecule has 102 valence electrons. The van der Waals surface area contributed by atoms with Crippen LogP contribution in [0.5, 0.6) is 0 Å². The smallest absolute Gasteiger partial charge is 0.261 e. The van der Waals surface area contributed by atoms with E-state index in [0.717, 1.165) is 10.0 Å². The van der Waals surface area contributed by atoms with Crippen molar-refractivity contribution in [2.45, 2.75) is 4.90 Å². The number of fused-ring (bicyclic) bond motifs is 1. The summed E-state index contributed by atoms with van der Waals surface area (Å²) in [4.78, 5) is 7.58. The summed E-state index contributed by atoms with van der Waals surface area (Å²) < 4.78 is 23.6. The quantitative estimate of drug-likeness (QED) is 0.694. The van der Waals surface area contributed by atoms with Gasteiger partial charge in [0, 0.05) is 20.7 Å². The van der Waals surface area contributed by atoms with Gasteiger partial charge in [-0.1, -0.05) is 28.1 Å². The lowest BCUT2D eigenvalue weighted by Gasteiger charge is -1.96. The molecule has 0 fully saturated rings. The highest BCUT2D eigenvalue weighted by molar-refractivity contribution is 9.10. The van der Waals surface area contributed by atoms with Gasteiger partial charge in [0.25, 0.3) is 9.05 Å². The van der Waals surface area contributed by atoms with E-state index in [1.54, 1.807) is 6.07 Å². The largest absolute Gasteiger partial charge is 0.338 e. The number of imidazole rings is 1. The molecule has 0 spiro atoms. The highest BCUT2D eigenvalue weighted by Gasteiger charge is 2.12. The maximum atomic E-state index is 11.3. The number of hydrogen-bond donors (Lipinski definition) is 1. The second-order valence-corrected chi connectivity index (χ2v) is 7.69. The van der Waals surface area contributed by atoms with Crippen molar-refractivity contribution in [3.8, 4) is 11.4 Å². The summed E-state index contributed by atoms with van der Waals surface area (Å²) in [6.45, 7) is 0. The van der Waals surface area contributed by atoms with Crippen molar-refractivity contribution < 1.29 is 8.42 Å². The minimum absolute atomic E-state index is 0.0520. The summed E-state index contributed by atoms with van der Waals surface area (Å²) >= 11 is 3.40. The molecule has 0 aliphatic heterocycles. The van der Waals surface area contributed by atoms with Crippen molar-refractivity contribution in [2.24, 2.45) is 0 Å². The van der Waals surface area contributed by atoms with Gasteiger partial charge in [-0.15, -0.1) is 0 Å². The number of nitrogens with one attached hydrogen (secondary N) is 1. The third-order valence-electron chi connectivity index (χ3n) is 2.83. The standard InChI is InChI=1S/C13H8BrClN2O2S/c14-9-3-1-2-8(6-9)13-16-11-5-4-10(20(15,18)19)7-12(11)17-13/h1-7H,(H,16,17). The molecule has 0 saturated carbocycles. The summed E-state index contributed by atoms with van der Waals surface area (Å²) in [5.74, 6) is 0.672. The first-order valence-corrected chi connectivity index (χ1v) is 8.74. The summed E-state index contributed by atoms with van der Waals surface area (Å²) in [6.07, 6.45) is 0. The molecule has 2 aromatic carbocycles. The number of nitrogens with zero attached hydrogens (tertiary/aromatic N) is 1. The highest BCUT2D eigenvalue weighted by atomic mass is 79.9. The Balaban J connectivity index is 2.16. The molecule has 1 heterocycles. The van der Waals surface area contributed by atoms with Gasteiger partial charge in [0.05, 0.1) is 15.9 Å². The normalized spacial score (nSPS) is 11.9. The molecule has 1 N–H and O–H groups in total. The Morgan fingerprint density at radius 1 is 1.15 bits per heavy atom. The van der Waals surface area contributed by atoms with Gasteiger partial charge in [-0.2, -0.15) is 0 Å². The number of hydrogen-bond acceptors (Lipinski definition) is 3. The van der Waals surface area contributed by atoms with Gasteiger partial charge < -0.3 is 4.98 Å². The first kappa shape index (κ1) is 13.6. The number of halogens is 2. The fourth-order valence-corrected chi connectivity index (χ4v) is 3.09. The lowest BCUT2D eigenvalue weighted by atomic mass is 10.2. The molecule has 7 heteroatoms. The van der Waals surface area contributed by atoms with Crippen LogP contribution in [-0.2, 0) is 9.05 Å². The van der Waals surface area contributed by atoms with Crippen molar-refractivity contribution in [1.82, 2.24) is 9.97 Å². The van der Waals surface area contributed by atoms with Crippen LogP contribution in [0.4, 0.5) is 0 Å². The maximum absolute atomic E-state index is 11.3. The summed E-state index contributed by atoms with van der Waals surface area (Å²) in [6, 6.07) is 12.2. The van der Waals surface area contributed by atoms with Gasteiger partial charge in [0.1, 0.15) is 5.82 Å². The first-order valence-electron chi connectivity index (χ1n) is 5.64. The topological polar surface area (TPSA) is 62.8 Å². The summed E-state index contributed by atoms with van der Waals surface area (Å²) in [5.41, 5.74) is 2.22. The van der Waals surface area contributed by atoms with E-state index >= 15 is 0 Å². The van der Waals surface area contributed by atoms with Crippen LogP contribution in [-0.4, -0.2) is 18.4 Å². The maximum Gasteiger partial charge on any atom is 0.261 e. The number of aromatic amines is 1. The predicted octanol–water partition coefficient (Wildman–Crippen LogP) is 3.92. The van der Waals surface area contributed by atoms with Gasteiger partial charge in [0.15, 0.2) is 0 Å². The molecule has 1 aromatic heterocycles. The summed E-state index contributed by atoms with van der Waals surface area (Å²) in [7, 11) is 1.60. The van der Waals surface area contributed by atoms with E-state index < -0.39 is 9.05 Å². The van der Waals surface area contributed by atoms with Crippen molar-refractivity contribution >= 4 is 46.7 Å². The van der Waals surface area contributed by atoms with Crippen LogP contribution >= 0.6 is 26.6 Å². The third-order valence-corrected chi connectivity index (χ3v) is 4.68. The number of aromatic nitrogens is 2. The zero-order chi connectivity index (χ0) is 14.3. The molecular formula is C13H8BrClN2O2S. The number of rotatable bonds is 2. The van der Waals surface area contributed by atoms with E-state index in [0.29, 0.717) is 16.9 Å². The van der Waals surface area contributed by atoms with Crippen LogP contribution in [0.25, 0.3) is 22.4 Å². The first-order chi connectivity index (χ1) is 9.43. The molecule has 0 radical (unpaired) electrons. The minimum atomic E-state index is -3.74. The van der Waals surface area contributed by atoms with Crippen LogP contribution in [0.2, 0.25) is 0 Å². The molecule has 0 unspecified atom stereocenters. The van der Waals surface area contributed by atoms with Crippen LogP contribution in [0, 0.1) is 0 Å². The second-order valence-electron chi connectivity index (χ2n) is 4.21. The average molecular weight is 372 g/mol. The molecular weight excluding hydrogens is 364 g/mol. The van der Waals surface area contributed by atoms with Gasteiger partial charge in [0.2, 0.25) is 0 Å². The van der Waals surface area contributed by atoms with E-state index in [9.17, 15) is 8.42 Å². The number of H-pyrrole nitrogens is 1. The van der Waals surface area contributed by atoms with E-state index in [4.69, 9.17) is 10.7 Å². The second kappa shape index (κ2) is 4.87. The van der Waals surface area contributed by atoms with Gasteiger partial charge in [-0.25, -0.2) is 13.4 Å². The van der Waals surface area contributed by atoms with Gasteiger partial charge >= 0.3 is 0 Å². The Labute approximate surface area is 128 Å². The Morgan fingerprint density at radius 2 is 1.95 bits per heavy atom. The molecule has 0 saturated heterocycles. The van der Waals surface area contributed by atoms with E-state index in [1.165, 1.54) is 12.1 Å². The van der Waals surface area contributed by atoms with Crippen LogP contribution < -0.4 is 0 Å². The van der Waals surface area contributed by atoms with Crippen molar-refractivity contribution in [2.75, 3.05) is 0 Å². The average Bonchev–Trinajstić information content (AvgIpc) is 2.80. The Kier molecular flexibility index (Phi) is 3.32. The van der Waals surface area contributed by atoms with Crippen molar-refractivity contribution in [3.05, 3.63) is 46.9 Å². The van der Waals surface area contributed by atoms with Crippen LogP contribution in [0.3, 0.4) is 0 Å². The van der Waals surface area contributed by atoms with E-state index in [2.05, 4.69) is 25.9 Å². The lowest BCUT2D eigenvalue weighted by Crippen LogP contribution is -1.89. The molecule has 0 atom stereocenters. The van der Waals surface area contributed by atoms with Gasteiger partial charge in [-0.05, 0) is 30.3 Å². The monoisotopic (exact) mass is 370 g/mol.